The van der Waals surface area contributed by atoms with Crippen LogP contribution in [0, 0.1) is 5.41 Å². The Kier molecular flexibility index (Phi) is 15.3. The highest BCUT2D eigenvalue weighted by atomic mass is 16.2. The van der Waals surface area contributed by atoms with Gasteiger partial charge in [0.25, 0.3) is 0 Å². The molecule has 0 saturated heterocycles. The first kappa shape index (κ1) is 33.9. The summed E-state index contributed by atoms with van der Waals surface area (Å²) in [5.74, 6) is -1.80. The van der Waals surface area contributed by atoms with Crippen molar-refractivity contribution in [2.24, 2.45) is 17.2 Å². The number of hydrogen-bond acceptors (Lipinski definition) is 7. The molecular formula is C30H44N8O4. The van der Waals surface area contributed by atoms with Crippen LogP contribution >= 0.6 is 0 Å². The van der Waals surface area contributed by atoms with Crippen molar-refractivity contribution in [3.8, 4) is 0 Å². The van der Waals surface area contributed by atoms with E-state index in [0.29, 0.717) is 45.1 Å². The van der Waals surface area contributed by atoms with E-state index in [-0.39, 0.29) is 25.2 Å². The Bertz CT molecular complexity index is 1130. The summed E-state index contributed by atoms with van der Waals surface area (Å²) in [7, 11) is 0. The van der Waals surface area contributed by atoms with Crippen LogP contribution in [0.3, 0.4) is 0 Å². The first-order valence-electron chi connectivity index (χ1n) is 14.2. The van der Waals surface area contributed by atoms with Crippen molar-refractivity contribution in [3.05, 3.63) is 71.8 Å². The van der Waals surface area contributed by atoms with E-state index in [0.717, 1.165) is 11.1 Å². The zero-order valence-corrected chi connectivity index (χ0v) is 23.9. The fourth-order valence-corrected chi connectivity index (χ4v) is 4.34. The molecule has 4 unspecified atom stereocenters. The average Bonchev–Trinajstić information content (AvgIpc) is 2.98. The van der Waals surface area contributed by atoms with E-state index in [1.807, 2.05) is 60.7 Å². The van der Waals surface area contributed by atoms with Crippen molar-refractivity contribution in [2.45, 2.75) is 69.1 Å². The molecule has 0 fully saturated rings. The van der Waals surface area contributed by atoms with Gasteiger partial charge in [0.1, 0.15) is 18.4 Å². The highest BCUT2D eigenvalue weighted by Gasteiger charge is 2.29. The van der Waals surface area contributed by atoms with Crippen LogP contribution in [0.15, 0.2) is 60.7 Å². The fourth-order valence-electron chi connectivity index (χ4n) is 4.34. The molecule has 2 aromatic rings. The third kappa shape index (κ3) is 12.9. The number of nitrogens with one attached hydrogen (secondary N) is 5. The van der Waals surface area contributed by atoms with Gasteiger partial charge in [-0.25, -0.2) is 0 Å². The lowest BCUT2D eigenvalue weighted by molar-refractivity contribution is -0.133. The Hall–Kier alpha value is -4.29. The number of rotatable bonds is 19. The predicted octanol–water partition coefficient (Wildman–Crippen LogP) is -0.155. The van der Waals surface area contributed by atoms with Crippen LogP contribution in [-0.4, -0.2) is 67.2 Å². The standard InChI is InChI=1S/C30H44N8O4/c31-16-8-7-14-23(20-39)36-28(41)25(15-9-17-35-30(33)34)37-29(42)26(19-22-12-5-2-6-13-22)38-27(40)24(32)18-21-10-3-1-4-11-21/h1-6,10-13,20,23-26H,7-9,14-19,31-32H2,(H,36,41)(H,37,42)(H,38,40)(H4,33,34,35). The first-order chi connectivity index (χ1) is 20.2. The maximum absolute atomic E-state index is 13.6. The molecule has 12 nitrogen and oxygen atoms in total. The number of benzene rings is 2. The summed E-state index contributed by atoms with van der Waals surface area (Å²) in [6.07, 6.45) is 3.52. The molecule has 2 rings (SSSR count). The predicted molar refractivity (Wildman–Crippen MR) is 162 cm³/mol. The van der Waals surface area contributed by atoms with Gasteiger partial charge >= 0.3 is 0 Å². The number of aldehydes is 1. The molecule has 0 aromatic heterocycles. The Morgan fingerprint density at radius 3 is 1.90 bits per heavy atom. The van der Waals surface area contributed by atoms with Crippen molar-refractivity contribution < 1.29 is 19.2 Å². The number of guanidine groups is 1. The van der Waals surface area contributed by atoms with Crippen molar-refractivity contribution in [3.63, 3.8) is 0 Å². The summed E-state index contributed by atoms with van der Waals surface area (Å²) in [6, 6.07) is 14.9. The van der Waals surface area contributed by atoms with Gasteiger partial charge in [-0.05, 0) is 56.2 Å². The first-order valence-corrected chi connectivity index (χ1v) is 14.2. The SMILES string of the molecule is N=C(N)NCCCC(NC(=O)C(Cc1ccccc1)NC(=O)C(N)Cc1ccccc1)C(=O)NC(C=O)CCCCN. The smallest absolute Gasteiger partial charge is 0.243 e. The number of amides is 3. The van der Waals surface area contributed by atoms with Gasteiger partial charge in [-0.3, -0.25) is 19.8 Å². The molecule has 4 atom stereocenters. The molecule has 12 heteroatoms. The molecule has 228 valence electrons. The summed E-state index contributed by atoms with van der Waals surface area (Å²) in [5.41, 5.74) is 18.8. The lowest BCUT2D eigenvalue weighted by Crippen LogP contribution is -2.57. The molecule has 0 saturated carbocycles. The average molecular weight is 581 g/mol. The summed E-state index contributed by atoms with van der Waals surface area (Å²) in [5, 5.41) is 18.2. The van der Waals surface area contributed by atoms with E-state index in [4.69, 9.17) is 22.6 Å². The van der Waals surface area contributed by atoms with Crippen LogP contribution in [0.4, 0.5) is 0 Å². The van der Waals surface area contributed by atoms with E-state index >= 15 is 0 Å². The molecule has 0 spiro atoms. The van der Waals surface area contributed by atoms with Gasteiger partial charge in [0.15, 0.2) is 5.96 Å². The Morgan fingerprint density at radius 1 is 0.762 bits per heavy atom. The Morgan fingerprint density at radius 2 is 1.33 bits per heavy atom. The van der Waals surface area contributed by atoms with Crippen LogP contribution in [0.1, 0.15) is 43.2 Å². The van der Waals surface area contributed by atoms with Crippen molar-refractivity contribution in [1.29, 1.82) is 5.41 Å². The maximum atomic E-state index is 13.6. The summed E-state index contributed by atoms with van der Waals surface area (Å²) in [6.45, 7) is 0.784. The molecule has 2 aromatic carbocycles. The topological polar surface area (TPSA) is 218 Å². The molecule has 42 heavy (non-hydrogen) atoms. The molecule has 0 aliphatic rings. The Labute approximate surface area is 247 Å². The molecule has 0 radical (unpaired) electrons. The second-order valence-corrected chi connectivity index (χ2v) is 10.1. The summed E-state index contributed by atoms with van der Waals surface area (Å²) >= 11 is 0. The zero-order valence-electron chi connectivity index (χ0n) is 23.9. The quantitative estimate of drug-likeness (QED) is 0.0482. The lowest BCUT2D eigenvalue weighted by atomic mass is 10.0. The minimum atomic E-state index is -1.02. The minimum absolute atomic E-state index is 0.173. The number of unbranched alkanes of at least 4 members (excludes halogenated alkanes) is 1. The van der Waals surface area contributed by atoms with Crippen LogP contribution in [0.25, 0.3) is 0 Å². The number of carbonyl (C=O) groups is 4. The van der Waals surface area contributed by atoms with E-state index in [1.54, 1.807) is 0 Å². The third-order valence-electron chi connectivity index (χ3n) is 6.63. The van der Waals surface area contributed by atoms with E-state index in [9.17, 15) is 19.2 Å². The van der Waals surface area contributed by atoms with Crippen LogP contribution in [-0.2, 0) is 32.0 Å². The van der Waals surface area contributed by atoms with Crippen molar-refractivity contribution in [2.75, 3.05) is 13.1 Å². The van der Waals surface area contributed by atoms with Gasteiger partial charge in [-0.15, -0.1) is 0 Å². The van der Waals surface area contributed by atoms with Gasteiger partial charge in [0, 0.05) is 13.0 Å². The lowest BCUT2D eigenvalue weighted by Gasteiger charge is -2.25. The maximum Gasteiger partial charge on any atom is 0.243 e. The van der Waals surface area contributed by atoms with E-state index in [2.05, 4.69) is 21.3 Å². The minimum Gasteiger partial charge on any atom is -0.370 e. The molecule has 11 N–H and O–H groups in total. The molecule has 0 aliphatic heterocycles. The van der Waals surface area contributed by atoms with E-state index < -0.39 is 41.9 Å². The third-order valence-corrected chi connectivity index (χ3v) is 6.63. The van der Waals surface area contributed by atoms with Gasteiger partial charge in [-0.2, -0.15) is 0 Å². The second-order valence-electron chi connectivity index (χ2n) is 10.1. The number of carbonyl (C=O) groups excluding carboxylic acids is 4. The summed E-state index contributed by atoms with van der Waals surface area (Å²) < 4.78 is 0. The zero-order chi connectivity index (χ0) is 30.7. The van der Waals surface area contributed by atoms with Gasteiger partial charge in [-0.1, -0.05) is 60.7 Å². The van der Waals surface area contributed by atoms with Gasteiger partial charge in [0.2, 0.25) is 17.7 Å². The van der Waals surface area contributed by atoms with Crippen LogP contribution < -0.4 is 38.5 Å². The highest BCUT2D eigenvalue weighted by molar-refractivity contribution is 5.93. The summed E-state index contributed by atoms with van der Waals surface area (Å²) in [4.78, 5) is 51.5. The molecule has 3 amide bonds. The monoisotopic (exact) mass is 580 g/mol. The van der Waals surface area contributed by atoms with Crippen molar-refractivity contribution in [1.82, 2.24) is 21.3 Å². The van der Waals surface area contributed by atoms with Gasteiger partial charge < -0.3 is 43.3 Å². The molecule has 0 bridgehead atoms. The molecule has 0 heterocycles. The second kappa shape index (κ2) is 18.9. The van der Waals surface area contributed by atoms with Crippen molar-refractivity contribution >= 4 is 30.0 Å². The Balaban J connectivity index is 2.18. The molecular weight excluding hydrogens is 536 g/mol. The van der Waals surface area contributed by atoms with Gasteiger partial charge in [0.05, 0.1) is 12.1 Å². The number of hydrogen-bond donors (Lipinski definition) is 8. The highest BCUT2D eigenvalue weighted by Crippen LogP contribution is 2.08. The largest absolute Gasteiger partial charge is 0.370 e. The van der Waals surface area contributed by atoms with Crippen LogP contribution in [0.5, 0.6) is 0 Å². The molecule has 0 aliphatic carbocycles. The number of nitrogens with two attached hydrogens (primary N) is 3. The fraction of sp³-hybridized carbons (Fsp3) is 0.433. The van der Waals surface area contributed by atoms with E-state index in [1.165, 1.54) is 0 Å². The normalized spacial score (nSPS) is 13.6. The van der Waals surface area contributed by atoms with Crippen LogP contribution in [0.2, 0.25) is 0 Å².